The molecular weight excluding hydrogens is 230 g/mol. The Hall–Kier alpha value is -1.32. The van der Waals surface area contributed by atoms with Gasteiger partial charge in [0.2, 0.25) is 5.91 Å². The number of likely N-dealkylation sites (tertiary alicyclic amines) is 1. The molecule has 0 aromatic rings. The van der Waals surface area contributed by atoms with E-state index in [-0.39, 0.29) is 11.8 Å². The van der Waals surface area contributed by atoms with Crippen molar-refractivity contribution in [2.24, 2.45) is 17.8 Å². The van der Waals surface area contributed by atoms with E-state index in [1.165, 1.54) is 0 Å². The van der Waals surface area contributed by atoms with Crippen molar-refractivity contribution in [1.82, 2.24) is 4.90 Å². The number of aliphatic carboxylic acids is 1. The van der Waals surface area contributed by atoms with Gasteiger partial charge in [-0.3, -0.25) is 4.79 Å². The van der Waals surface area contributed by atoms with Crippen molar-refractivity contribution in [3.05, 3.63) is 12.2 Å². The third kappa shape index (κ3) is 1.84. The second kappa shape index (κ2) is 4.41. The van der Waals surface area contributed by atoms with Gasteiger partial charge >= 0.3 is 5.97 Å². The number of hydrogen-bond acceptors (Lipinski definition) is 2. The summed E-state index contributed by atoms with van der Waals surface area (Å²) in [6.45, 7) is 0.618. The lowest BCUT2D eigenvalue weighted by molar-refractivity contribution is -0.154. The van der Waals surface area contributed by atoms with Crippen molar-refractivity contribution in [2.45, 2.75) is 38.1 Å². The predicted molar refractivity (Wildman–Crippen MR) is 65.8 cm³/mol. The van der Waals surface area contributed by atoms with Crippen LogP contribution >= 0.6 is 0 Å². The van der Waals surface area contributed by atoms with Gasteiger partial charge in [-0.15, -0.1) is 0 Å². The van der Waals surface area contributed by atoms with E-state index in [1.807, 2.05) is 0 Å². The number of piperidine rings is 1. The largest absolute Gasteiger partial charge is 0.480 e. The van der Waals surface area contributed by atoms with Crippen LogP contribution in [0.5, 0.6) is 0 Å². The molecule has 0 aromatic heterocycles. The molecule has 4 nitrogen and oxygen atoms in total. The summed E-state index contributed by atoms with van der Waals surface area (Å²) in [5, 5.41) is 9.22. The number of rotatable bonds is 2. The van der Waals surface area contributed by atoms with Gasteiger partial charge in [-0.25, -0.2) is 4.79 Å². The summed E-state index contributed by atoms with van der Waals surface area (Å²) in [5.41, 5.74) is 0. The van der Waals surface area contributed by atoms with Crippen molar-refractivity contribution in [2.75, 3.05) is 6.54 Å². The molecule has 1 saturated carbocycles. The molecule has 0 radical (unpaired) electrons. The molecule has 0 spiro atoms. The van der Waals surface area contributed by atoms with Crippen LogP contribution in [0.4, 0.5) is 0 Å². The number of amides is 1. The summed E-state index contributed by atoms with van der Waals surface area (Å²) >= 11 is 0. The molecule has 3 unspecified atom stereocenters. The van der Waals surface area contributed by atoms with Gasteiger partial charge in [-0.1, -0.05) is 12.2 Å². The first kappa shape index (κ1) is 11.8. The highest BCUT2D eigenvalue weighted by Gasteiger charge is 2.44. The van der Waals surface area contributed by atoms with Gasteiger partial charge in [-0.2, -0.15) is 0 Å². The molecule has 0 aromatic carbocycles. The van der Waals surface area contributed by atoms with E-state index in [0.717, 1.165) is 25.7 Å². The lowest BCUT2D eigenvalue weighted by Gasteiger charge is -2.36. The molecule has 2 bridgehead atoms. The summed E-state index contributed by atoms with van der Waals surface area (Å²) in [4.78, 5) is 25.4. The SMILES string of the molecule is O=C(O)[C@H]1CCCCN1C(=O)C1CC2C=CC1C2. The average molecular weight is 249 g/mol. The Morgan fingerprint density at radius 2 is 2.00 bits per heavy atom. The average Bonchev–Trinajstić information content (AvgIpc) is 3.00. The molecular formula is C14H19NO3. The first-order chi connectivity index (χ1) is 8.66. The Kier molecular flexibility index (Phi) is 2.88. The Labute approximate surface area is 107 Å². The zero-order valence-electron chi connectivity index (χ0n) is 10.4. The summed E-state index contributed by atoms with van der Waals surface area (Å²) in [6, 6.07) is -0.589. The van der Waals surface area contributed by atoms with E-state index in [9.17, 15) is 14.7 Å². The molecule has 3 rings (SSSR count). The third-order valence-corrected chi connectivity index (χ3v) is 4.67. The van der Waals surface area contributed by atoms with Crippen LogP contribution in [0.15, 0.2) is 12.2 Å². The number of fused-ring (bicyclic) bond motifs is 2. The number of carboxylic acid groups (broad SMARTS) is 1. The van der Waals surface area contributed by atoms with E-state index in [0.29, 0.717) is 24.8 Å². The molecule has 1 amide bonds. The number of nitrogens with zero attached hydrogens (tertiary/aromatic N) is 1. The topological polar surface area (TPSA) is 57.6 Å². The van der Waals surface area contributed by atoms with Gasteiger partial charge in [0, 0.05) is 12.5 Å². The van der Waals surface area contributed by atoms with Gasteiger partial charge < -0.3 is 10.0 Å². The Balaban J connectivity index is 1.74. The minimum absolute atomic E-state index is 0.0416. The fourth-order valence-corrected chi connectivity index (χ4v) is 3.73. The number of carbonyl (C=O) groups is 2. The van der Waals surface area contributed by atoms with Crippen molar-refractivity contribution < 1.29 is 14.7 Å². The number of carboxylic acids is 1. The van der Waals surface area contributed by atoms with Crippen LogP contribution < -0.4 is 0 Å². The molecule has 1 saturated heterocycles. The van der Waals surface area contributed by atoms with Gasteiger partial charge in [0.05, 0.1) is 0 Å². The quantitative estimate of drug-likeness (QED) is 0.757. The molecule has 4 atom stereocenters. The second-order valence-electron chi connectivity index (χ2n) is 5.77. The first-order valence-electron chi connectivity index (χ1n) is 6.88. The summed E-state index contributed by atoms with van der Waals surface area (Å²) in [7, 11) is 0. The maximum Gasteiger partial charge on any atom is 0.326 e. The lowest BCUT2D eigenvalue weighted by Crippen LogP contribution is -2.50. The van der Waals surface area contributed by atoms with Crippen LogP contribution in [0.1, 0.15) is 32.1 Å². The lowest BCUT2D eigenvalue weighted by atomic mass is 9.90. The summed E-state index contributed by atoms with van der Waals surface area (Å²) < 4.78 is 0. The van der Waals surface area contributed by atoms with Crippen LogP contribution in [0.3, 0.4) is 0 Å². The maximum absolute atomic E-state index is 12.5. The van der Waals surface area contributed by atoms with E-state index in [4.69, 9.17) is 0 Å². The van der Waals surface area contributed by atoms with Crippen LogP contribution in [0.25, 0.3) is 0 Å². The molecule has 2 aliphatic carbocycles. The van der Waals surface area contributed by atoms with Crippen molar-refractivity contribution in [1.29, 1.82) is 0 Å². The van der Waals surface area contributed by atoms with Crippen molar-refractivity contribution >= 4 is 11.9 Å². The Morgan fingerprint density at radius 3 is 2.61 bits per heavy atom. The molecule has 1 heterocycles. The van der Waals surface area contributed by atoms with Gasteiger partial charge in [0.1, 0.15) is 6.04 Å². The van der Waals surface area contributed by atoms with Gasteiger partial charge in [-0.05, 0) is 43.9 Å². The molecule has 18 heavy (non-hydrogen) atoms. The Bertz CT molecular complexity index is 404. The van der Waals surface area contributed by atoms with Crippen LogP contribution in [0, 0.1) is 17.8 Å². The highest BCUT2D eigenvalue weighted by atomic mass is 16.4. The number of carbonyl (C=O) groups excluding carboxylic acids is 1. The van der Waals surface area contributed by atoms with Crippen LogP contribution in [-0.4, -0.2) is 34.5 Å². The van der Waals surface area contributed by atoms with E-state index >= 15 is 0 Å². The predicted octanol–water partition coefficient (Wildman–Crippen LogP) is 1.66. The monoisotopic (exact) mass is 249 g/mol. The van der Waals surface area contributed by atoms with Crippen LogP contribution in [0.2, 0.25) is 0 Å². The summed E-state index contributed by atoms with van der Waals surface area (Å²) in [6.07, 6.45) is 8.82. The van der Waals surface area contributed by atoms with E-state index < -0.39 is 12.0 Å². The van der Waals surface area contributed by atoms with E-state index in [1.54, 1.807) is 4.90 Å². The van der Waals surface area contributed by atoms with E-state index in [2.05, 4.69) is 12.2 Å². The molecule has 1 aliphatic heterocycles. The third-order valence-electron chi connectivity index (χ3n) is 4.67. The zero-order chi connectivity index (χ0) is 12.7. The highest BCUT2D eigenvalue weighted by molar-refractivity contribution is 5.86. The fourth-order valence-electron chi connectivity index (χ4n) is 3.73. The Morgan fingerprint density at radius 1 is 1.17 bits per heavy atom. The first-order valence-corrected chi connectivity index (χ1v) is 6.88. The number of allylic oxidation sites excluding steroid dienone is 2. The maximum atomic E-state index is 12.5. The molecule has 2 fully saturated rings. The fraction of sp³-hybridized carbons (Fsp3) is 0.714. The molecule has 3 aliphatic rings. The van der Waals surface area contributed by atoms with Gasteiger partial charge in [0.25, 0.3) is 0 Å². The summed E-state index contributed by atoms with van der Waals surface area (Å²) in [5.74, 6) is 0.191. The minimum Gasteiger partial charge on any atom is -0.480 e. The minimum atomic E-state index is -0.846. The van der Waals surface area contributed by atoms with Crippen molar-refractivity contribution in [3.8, 4) is 0 Å². The normalized spacial score (nSPS) is 38.1. The van der Waals surface area contributed by atoms with Gasteiger partial charge in [0.15, 0.2) is 0 Å². The second-order valence-corrected chi connectivity index (χ2v) is 5.77. The molecule has 4 heteroatoms. The highest BCUT2D eigenvalue weighted by Crippen LogP contribution is 2.44. The molecule has 98 valence electrons. The number of hydrogen-bond donors (Lipinski definition) is 1. The van der Waals surface area contributed by atoms with Crippen LogP contribution in [-0.2, 0) is 9.59 Å². The standard InChI is InChI=1S/C14H19NO3/c16-13(11-8-9-4-5-10(11)7-9)15-6-2-1-3-12(15)14(17)18/h4-5,9-12H,1-3,6-8H2,(H,17,18)/t9?,10?,11?,12-/m1/s1. The zero-order valence-corrected chi connectivity index (χ0v) is 10.4. The van der Waals surface area contributed by atoms with Crippen molar-refractivity contribution in [3.63, 3.8) is 0 Å². The smallest absolute Gasteiger partial charge is 0.326 e. The molecule has 1 N–H and O–H groups in total.